The first kappa shape index (κ1) is 16.4. The standard InChI is InChI=1S/C18H27N5O2/c19-17-20-13-15(21-17)23(18(25)22-16(13)24)14(11-7-3-1-4-8-11)12-9-5-2-6-10-12/h11-12,14H,1-10H2,(H3,19,20,21)(H,22,24,25). The lowest BCUT2D eigenvalue weighted by atomic mass is 9.73. The van der Waals surface area contributed by atoms with Crippen molar-refractivity contribution in [1.29, 1.82) is 0 Å². The van der Waals surface area contributed by atoms with E-state index < -0.39 is 5.56 Å². The largest absolute Gasteiger partial charge is 0.369 e. The highest BCUT2D eigenvalue weighted by molar-refractivity contribution is 5.72. The third-order valence-electron chi connectivity index (χ3n) is 6.16. The maximum atomic E-state index is 12.8. The zero-order valence-corrected chi connectivity index (χ0v) is 14.6. The van der Waals surface area contributed by atoms with Crippen LogP contribution in [0.4, 0.5) is 5.95 Å². The van der Waals surface area contributed by atoms with Crippen LogP contribution in [-0.2, 0) is 0 Å². The lowest BCUT2D eigenvalue weighted by molar-refractivity contribution is 0.148. The van der Waals surface area contributed by atoms with Gasteiger partial charge in [0.1, 0.15) is 0 Å². The van der Waals surface area contributed by atoms with Gasteiger partial charge in [0.15, 0.2) is 17.1 Å². The molecule has 0 atom stereocenters. The normalized spacial score (nSPS) is 20.5. The van der Waals surface area contributed by atoms with Crippen LogP contribution in [-0.4, -0.2) is 19.5 Å². The summed E-state index contributed by atoms with van der Waals surface area (Å²) in [4.78, 5) is 34.6. The molecule has 2 aliphatic carbocycles. The minimum absolute atomic E-state index is 0.107. The maximum Gasteiger partial charge on any atom is 0.330 e. The molecular weight excluding hydrogens is 318 g/mol. The Morgan fingerprint density at radius 3 is 2.04 bits per heavy atom. The minimum Gasteiger partial charge on any atom is -0.369 e. The Kier molecular flexibility index (Phi) is 4.39. The van der Waals surface area contributed by atoms with Gasteiger partial charge in [0.25, 0.3) is 5.56 Å². The second-order valence-electron chi connectivity index (χ2n) is 7.74. The van der Waals surface area contributed by atoms with Crippen LogP contribution in [0.25, 0.3) is 11.2 Å². The Labute approximate surface area is 146 Å². The maximum absolute atomic E-state index is 12.8. The van der Waals surface area contributed by atoms with Crippen LogP contribution >= 0.6 is 0 Å². The van der Waals surface area contributed by atoms with Crippen LogP contribution in [0.15, 0.2) is 9.59 Å². The fourth-order valence-electron chi connectivity index (χ4n) is 5.07. The summed E-state index contributed by atoms with van der Waals surface area (Å²) in [7, 11) is 0. The Morgan fingerprint density at radius 2 is 1.48 bits per heavy atom. The summed E-state index contributed by atoms with van der Waals surface area (Å²) in [5, 5.41) is 0. The van der Waals surface area contributed by atoms with Gasteiger partial charge >= 0.3 is 5.69 Å². The summed E-state index contributed by atoms with van der Waals surface area (Å²) >= 11 is 0. The minimum atomic E-state index is -0.438. The van der Waals surface area contributed by atoms with Gasteiger partial charge < -0.3 is 10.7 Å². The average molecular weight is 345 g/mol. The zero-order valence-electron chi connectivity index (χ0n) is 14.6. The molecule has 7 heteroatoms. The van der Waals surface area contributed by atoms with Crippen molar-refractivity contribution in [2.45, 2.75) is 70.3 Å². The van der Waals surface area contributed by atoms with Gasteiger partial charge in [-0.1, -0.05) is 38.5 Å². The molecule has 0 amide bonds. The summed E-state index contributed by atoms with van der Waals surface area (Å²) in [6, 6.07) is 0.107. The number of nitrogen functional groups attached to an aromatic ring is 1. The molecule has 0 aliphatic heterocycles. The first-order chi connectivity index (χ1) is 12.1. The van der Waals surface area contributed by atoms with Crippen LogP contribution in [0, 0.1) is 11.8 Å². The number of hydrogen-bond acceptors (Lipinski definition) is 4. The second-order valence-corrected chi connectivity index (χ2v) is 7.74. The number of H-pyrrole nitrogens is 2. The van der Waals surface area contributed by atoms with E-state index in [1.807, 2.05) is 0 Å². The van der Waals surface area contributed by atoms with Gasteiger partial charge in [0, 0.05) is 6.04 Å². The van der Waals surface area contributed by atoms with Crippen molar-refractivity contribution in [3.63, 3.8) is 0 Å². The number of nitrogens with two attached hydrogens (primary N) is 1. The fourth-order valence-corrected chi connectivity index (χ4v) is 5.07. The Morgan fingerprint density at radius 1 is 0.920 bits per heavy atom. The van der Waals surface area contributed by atoms with Crippen molar-refractivity contribution < 1.29 is 0 Å². The topological polar surface area (TPSA) is 110 Å². The van der Waals surface area contributed by atoms with Crippen LogP contribution in [0.5, 0.6) is 0 Å². The number of fused-ring (bicyclic) bond motifs is 1. The zero-order chi connectivity index (χ0) is 17.4. The van der Waals surface area contributed by atoms with Crippen molar-refractivity contribution >= 4 is 17.1 Å². The molecule has 25 heavy (non-hydrogen) atoms. The van der Waals surface area contributed by atoms with Gasteiger partial charge in [-0.3, -0.25) is 14.3 Å². The first-order valence-corrected chi connectivity index (χ1v) is 9.65. The molecule has 2 aromatic rings. The monoisotopic (exact) mass is 345 g/mol. The van der Waals surface area contributed by atoms with Gasteiger partial charge in [-0.2, -0.15) is 4.98 Å². The number of anilines is 1. The molecule has 0 spiro atoms. The molecule has 2 aliphatic rings. The number of nitrogens with one attached hydrogen (secondary N) is 2. The Hall–Kier alpha value is -2.05. The fraction of sp³-hybridized carbons (Fsp3) is 0.722. The molecular formula is C18H27N5O2. The Balaban J connectivity index is 1.87. The van der Waals surface area contributed by atoms with Gasteiger partial charge in [0.2, 0.25) is 0 Å². The Bertz CT molecular complexity index is 834. The molecule has 2 saturated carbocycles. The molecule has 0 radical (unpaired) electrons. The molecule has 2 heterocycles. The highest BCUT2D eigenvalue weighted by Gasteiger charge is 2.35. The van der Waals surface area contributed by atoms with E-state index in [0.717, 1.165) is 25.7 Å². The van der Waals surface area contributed by atoms with E-state index in [1.54, 1.807) is 4.57 Å². The van der Waals surface area contributed by atoms with Crippen molar-refractivity contribution in [3.8, 4) is 0 Å². The van der Waals surface area contributed by atoms with Crippen molar-refractivity contribution in [2.75, 3.05) is 5.73 Å². The molecule has 4 rings (SSSR count). The third-order valence-corrected chi connectivity index (χ3v) is 6.16. The van der Waals surface area contributed by atoms with Crippen LogP contribution in [0.2, 0.25) is 0 Å². The molecule has 7 nitrogen and oxygen atoms in total. The lowest BCUT2D eigenvalue weighted by Gasteiger charge is -2.38. The number of hydrogen-bond donors (Lipinski definition) is 3. The average Bonchev–Trinajstić information content (AvgIpc) is 3.02. The summed E-state index contributed by atoms with van der Waals surface area (Å²) in [5.74, 6) is 1.13. The molecule has 2 fully saturated rings. The first-order valence-electron chi connectivity index (χ1n) is 9.65. The van der Waals surface area contributed by atoms with Crippen LogP contribution in [0.1, 0.15) is 70.3 Å². The number of aromatic amines is 2. The molecule has 2 aromatic heterocycles. The predicted octanol–water partition coefficient (Wildman–Crippen LogP) is 2.70. The van der Waals surface area contributed by atoms with E-state index in [-0.39, 0.29) is 17.7 Å². The summed E-state index contributed by atoms with van der Waals surface area (Å²) in [6.07, 6.45) is 12.0. The molecule has 0 unspecified atom stereocenters. The summed E-state index contributed by atoms with van der Waals surface area (Å²) in [5.41, 5.74) is 5.76. The summed E-state index contributed by atoms with van der Waals surface area (Å²) in [6.45, 7) is 0. The second kappa shape index (κ2) is 6.69. The van der Waals surface area contributed by atoms with Crippen LogP contribution < -0.4 is 17.0 Å². The molecule has 136 valence electrons. The van der Waals surface area contributed by atoms with Gasteiger partial charge in [-0.15, -0.1) is 0 Å². The summed E-state index contributed by atoms with van der Waals surface area (Å²) < 4.78 is 1.76. The van der Waals surface area contributed by atoms with Crippen LogP contribution in [0.3, 0.4) is 0 Å². The van der Waals surface area contributed by atoms with E-state index in [1.165, 1.54) is 38.5 Å². The third kappa shape index (κ3) is 3.00. The van der Waals surface area contributed by atoms with E-state index in [4.69, 9.17) is 5.73 Å². The molecule has 0 bridgehead atoms. The predicted molar refractivity (Wildman–Crippen MR) is 97.6 cm³/mol. The molecule has 0 saturated heterocycles. The number of imidazole rings is 1. The number of rotatable bonds is 3. The number of aromatic nitrogens is 4. The molecule has 4 N–H and O–H groups in total. The quantitative estimate of drug-likeness (QED) is 0.794. The van der Waals surface area contributed by atoms with E-state index in [2.05, 4.69) is 15.0 Å². The van der Waals surface area contributed by atoms with Gasteiger partial charge in [-0.05, 0) is 37.5 Å². The molecule has 0 aromatic carbocycles. The highest BCUT2D eigenvalue weighted by Crippen LogP contribution is 2.42. The van der Waals surface area contributed by atoms with E-state index in [9.17, 15) is 9.59 Å². The van der Waals surface area contributed by atoms with E-state index in [0.29, 0.717) is 23.0 Å². The smallest absolute Gasteiger partial charge is 0.330 e. The van der Waals surface area contributed by atoms with Gasteiger partial charge in [-0.25, -0.2) is 4.79 Å². The number of nitrogens with zero attached hydrogens (tertiary/aromatic N) is 2. The van der Waals surface area contributed by atoms with Crippen molar-refractivity contribution in [2.24, 2.45) is 11.8 Å². The van der Waals surface area contributed by atoms with E-state index >= 15 is 0 Å². The van der Waals surface area contributed by atoms with Crippen molar-refractivity contribution in [3.05, 3.63) is 20.8 Å². The van der Waals surface area contributed by atoms with Gasteiger partial charge in [0.05, 0.1) is 0 Å². The highest BCUT2D eigenvalue weighted by atomic mass is 16.2. The van der Waals surface area contributed by atoms with Crippen molar-refractivity contribution in [1.82, 2.24) is 19.5 Å². The lowest BCUT2D eigenvalue weighted by Crippen LogP contribution is -2.40. The SMILES string of the molecule is Nc1nc2c([nH]1)c(=O)[nH]c(=O)n2C(C1CCCCC1)C1CCCCC1.